The quantitative estimate of drug-likeness (QED) is 0.0235. The average Bonchev–Trinajstić information content (AvgIpc) is 3.20. The minimum atomic E-state index is -4.64. The number of unbranched alkanes of at least 4 members (excludes halogenated alkanes) is 10. The van der Waals surface area contributed by atoms with Gasteiger partial charge in [-0.2, -0.15) is 0 Å². The molecule has 0 bridgehead atoms. The molecule has 0 radical (unpaired) electrons. The molecule has 0 aromatic heterocycles. The molecule has 3 atom stereocenters. The van der Waals surface area contributed by atoms with Crippen LogP contribution in [0.25, 0.3) is 0 Å². The number of rotatable bonds is 40. The van der Waals surface area contributed by atoms with E-state index < -0.39 is 45.1 Å². The number of carboxylic acid groups (broad SMARTS) is 1. The lowest BCUT2D eigenvalue weighted by Crippen LogP contribution is -2.34. The first-order valence-electron chi connectivity index (χ1n) is 21.8. The van der Waals surface area contributed by atoms with Crippen molar-refractivity contribution in [1.82, 2.24) is 0 Å². The molecule has 58 heavy (non-hydrogen) atoms. The lowest BCUT2D eigenvalue weighted by molar-refractivity contribution is -0.154. The van der Waals surface area contributed by atoms with Crippen LogP contribution in [0.4, 0.5) is 0 Å². The van der Waals surface area contributed by atoms with Crippen molar-refractivity contribution in [3.8, 4) is 0 Å². The molecule has 0 aromatic carbocycles. The third kappa shape index (κ3) is 41.1. The van der Waals surface area contributed by atoms with E-state index in [2.05, 4.69) is 111 Å². The Labute approximate surface area is 351 Å². The summed E-state index contributed by atoms with van der Waals surface area (Å²) in [6, 6.07) is -1.49. The first kappa shape index (κ1) is 54.9. The van der Waals surface area contributed by atoms with E-state index in [0.717, 1.165) is 109 Å². The number of phosphoric acid groups is 1. The predicted molar refractivity (Wildman–Crippen MR) is 239 cm³/mol. The third-order valence-corrected chi connectivity index (χ3v) is 9.55. The number of hydrogen-bond acceptors (Lipinski definition) is 8. The lowest BCUT2D eigenvalue weighted by Gasteiger charge is -2.20. The Morgan fingerprint density at radius 3 is 1.50 bits per heavy atom. The summed E-state index contributed by atoms with van der Waals surface area (Å²) in [5, 5.41) is 8.89. The standard InChI is InChI=1S/C47H78NO9P/c1-3-5-7-9-11-13-15-17-19-20-21-22-23-24-25-26-28-30-32-34-36-38-40-54-41-44(42-55-58(52,53)56-43-45(48)47(50)51)57-46(49)39-37-35-33-31-29-27-18-16-14-12-10-8-6-4-2/h5,7,10-13,16-19,21-22,24-25,28,30,44-45H,3-4,6,8-9,14-15,20,23,26-27,29,31-43,48H2,1-2H3,(H,50,51)(H,52,53)/b7-5-,12-10-,13-11-,18-16-,19-17-,22-21-,25-24-,30-28-. The summed E-state index contributed by atoms with van der Waals surface area (Å²) in [6.45, 7) is 3.59. The fourth-order valence-electron chi connectivity index (χ4n) is 5.21. The first-order valence-corrected chi connectivity index (χ1v) is 23.3. The first-order chi connectivity index (χ1) is 28.2. The Hall–Kier alpha value is -3.11. The Morgan fingerprint density at radius 2 is 1.00 bits per heavy atom. The number of carbonyl (C=O) groups is 2. The van der Waals surface area contributed by atoms with E-state index in [1.807, 2.05) is 0 Å². The van der Waals surface area contributed by atoms with Gasteiger partial charge in [0.05, 0.1) is 19.8 Å². The van der Waals surface area contributed by atoms with Crippen LogP contribution in [0.5, 0.6) is 0 Å². The van der Waals surface area contributed by atoms with Crippen LogP contribution in [0, 0.1) is 0 Å². The largest absolute Gasteiger partial charge is 0.480 e. The Balaban J connectivity index is 4.35. The van der Waals surface area contributed by atoms with E-state index in [4.69, 9.17) is 29.4 Å². The zero-order valence-corrected chi connectivity index (χ0v) is 36.7. The molecular formula is C47H78NO9P. The van der Waals surface area contributed by atoms with Crippen molar-refractivity contribution >= 4 is 19.8 Å². The van der Waals surface area contributed by atoms with E-state index in [9.17, 15) is 19.0 Å². The number of ether oxygens (including phenoxy) is 2. The summed E-state index contributed by atoms with van der Waals surface area (Å²) >= 11 is 0. The molecule has 0 fully saturated rings. The van der Waals surface area contributed by atoms with E-state index in [0.29, 0.717) is 13.0 Å². The van der Waals surface area contributed by atoms with Gasteiger partial charge in [-0.05, 0) is 89.9 Å². The predicted octanol–water partition coefficient (Wildman–Crippen LogP) is 12.1. The highest BCUT2D eigenvalue weighted by Gasteiger charge is 2.27. The monoisotopic (exact) mass is 832 g/mol. The van der Waals surface area contributed by atoms with Gasteiger partial charge in [0.15, 0.2) is 0 Å². The molecule has 0 saturated heterocycles. The van der Waals surface area contributed by atoms with Gasteiger partial charge in [-0.3, -0.25) is 18.6 Å². The molecule has 0 rings (SSSR count). The number of carboxylic acids is 1. The number of hydrogen-bond donors (Lipinski definition) is 3. The van der Waals surface area contributed by atoms with Crippen LogP contribution in [0.3, 0.4) is 0 Å². The van der Waals surface area contributed by atoms with Crippen molar-refractivity contribution in [3.63, 3.8) is 0 Å². The number of phosphoric ester groups is 1. The Morgan fingerprint density at radius 1 is 0.569 bits per heavy atom. The second-order valence-electron chi connectivity index (χ2n) is 14.1. The van der Waals surface area contributed by atoms with Crippen LogP contribution in [0.1, 0.15) is 149 Å². The van der Waals surface area contributed by atoms with Gasteiger partial charge in [-0.25, -0.2) is 4.57 Å². The number of allylic oxidation sites excluding steroid dienone is 16. The molecule has 10 nitrogen and oxygen atoms in total. The Bertz CT molecular complexity index is 1280. The number of carbonyl (C=O) groups excluding carboxylic acids is 1. The van der Waals surface area contributed by atoms with E-state index in [1.165, 1.54) is 12.8 Å². The third-order valence-electron chi connectivity index (χ3n) is 8.60. The summed E-state index contributed by atoms with van der Waals surface area (Å²) in [5.74, 6) is -1.82. The highest BCUT2D eigenvalue weighted by Crippen LogP contribution is 2.43. The zero-order chi connectivity index (χ0) is 42.6. The van der Waals surface area contributed by atoms with E-state index in [1.54, 1.807) is 0 Å². The molecule has 0 heterocycles. The minimum Gasteiger partial charge on any atom is -0.480 e. The summed E-state index contributed by atoms with van der Waals surface area (Å²) in [7, 11) is -4.64. The summed E-state index contributed by atoms with van der Waals surface area (Å²) < 4.78 is 33.3. The van der Waals surface area contributed by atoms with Crippen LogP contribution in [0.2, 0.25) is 0 Å². The summed E-state index contributed by atoms with van der Waals surface area (Å²) in [5.41, 5.74) is 5.35. The highest BCUT2D eigenvalue weighted by atomic mass is 31.2. The fourth-order valence-corrected chi connectivity index (χ4v) is 5.99. The van der Waals surface area contributed by atoms with Gasteiger partial charge in [0.2, 0.25) is 0 Å². The molecule has 0 aliphatic heterocycles. The summed E-state index contributed by atoms with van der Waals surface area (Å²) in [6.07, 6.45) is 54.6. The number of esters is 1. The van der Waals surface area contributed by atoms with Crippen molar-refractivity contribution in [2.45, 2.75) is 161 Å². The maximum Gasteiger partial charge on any atom is 0.472 e. The van der Waals surface area contributed by atoms with Gasteiger partial charge in [-0.15, -0.1) is 0 Å². The second-order valence-corrected chi connectivity index (χ2v) is 15.5. The minimum absolute atomic E-state index is 0.0183. The van der Waals surface area contributed by atoms with Crippen LogP contribution < -0.4 is 5.73 Å². The average molecular weight is 832 g/mol. The second kappa shape index (κ2) is 42.0. The van der Waals surface area contributed by atoms with Gasteiger partial charge in [0.1, 0.15) is 12.1 Å². The SMILES string of the molecule is CC/C=C\C/C=C\C/C=C\C/C=C\C/C=C\C/C=C\CCCCCOCC(COP(=O)(O)OCC(N)C(=O)O)OC(=O)CCCCCCC/C=C\C/C=C\CCCC. The fraction of sp³-hybridized carbons (Fsp3) is 0.617. The molecule has 0 amide bonds. The van der Waals surface area contributed by atoms with Crippen molar-refractivity contribution in [3.05, 3.63) is 97.2 Å². The van der Waals surface area contributed by atoms with Crippen LogP contribution in [0.15, 0.2) is 97.2 Å². The van der Waals surface area contributed by atoms with Crippen molar-refractivity contribution in [2.75, 3.05) is 26.4 Å². The van der Waals surface area contributed by atoms with Crippen LogP contribution in [-0.2, 0) is 32.7 Å². The van der Waals surface area contributed by atoms with Crippen LogP contribution in [-0.4, -0.2) is 60.5 Å². The molecule has 0 aliphatic rings. The zero-order valence-electron chi connectivity index (χ0n) is 35.8. The molecule has 330 valence electrons. The molecule has 0 aliphatic carbocycles. The molecule has 0 saturated carbocycles. The maximum atomic E-state index is 12.6. The van der Waals surface area contributed by atoms with E-state index >= 15 is 0 Å². The molecule has 0 aromatic rings. The molecule has 4 N–H and O–H groups in total. The molecule has 0 spiro atoms. The van der Waals surface area contributed by atoms with Gasteiger partial charge >= 0.3 is 19.8 Å². The van der Waals surface area contributed by atoms with Crippen molar-refractivity contribution in [1.29, 1.82) is 0 Å². The molecule has 3 unspecified atom stereocenters. The van der Waals surface area contributed by atoms with Crippen LogP contribution >= 0.6 is 7.82 Å². The lowest BCUT2D eigenvalue weighted by atomic mass is 10.1. The van der Waals surface area contributed by atoms with Gasteiger partial charge in [-0.1, -0.05) is 150 Å². The van der Waals surface area contributed by atoms with E-state index in [-0.39, 0.29) is 13.0 Å². The van der Waals surface area contributed by atoms with Crippen molar-refractivity contribution < 1.29 is 42.7 Å². The maximum absolute atomic E-state index is 12.6. The normalized spacial score (nSPS) is 14.8. The van der Waals surface area contributed by atoms with Gasteiger partial charge < -0.3 is 25.2 Å². The van der Waals surface area contributed by atoms with Gasteiger partial charge in [0, 0.05) is 13.0 Å². The highest BCUT2D eigenvalue weighted by molar-refractivity contribution is 7.47. The summed E-state index contributed by atoms with van der Waals surface area (Å²) in [4.78, 5) is 33.5. The topological polar surface area (TPSA) is 155 Å². The van der Waals surface area contributed by atoms with Gasteiger partial charge in [0.25, 0.3) is 0 Å². The number of aliphatic carboxylic acids is 1. The smallest absolute Gasteiger partial charge is 0.472 e. The Kier molecular flexibility index (Phi) is 39.8. The molecular weight excluding hydrogens is 753 g/mol. The number of nitrogens with two attached hydrogens (primary N) is 1. The molecule has 11 heteroatoms. The van der Waals surface area contributed by atoms with Crippen molar-refractivity contribution in [2.24, 2.45) is 5.73 Å².